The number of nitrogens with one attached hydrogen (secondary N) is 1. The van der Waals surface area contributed by atoms with Gasteiger partial charge in [-0.2, -0.15) is 0 Å². The number of rotatable bonds is 4. The van der Waals surface area contributed by atoms with Crippen LogP contribution in [0, 0.1) is 5.41 Å². The zero-order valence-corrected chi connectivity index (χ0v) is 16.9. The first-order valence-corrected chi connectivity index (χ1v) is 9.58. The minimum atomic E-state index is -0.220. The highest BCUT2D eigenvalue weighted by Gasteiger charge is 2.36. The maximum Gasteiger partial charge on any atom is 0.0500 e. The summed E-state index contributed by atoms with van der Waals surface area (Å²) in [5, 5.41) is 18.8. The third-order valence-electron chi connectivity index (χ3n) is 5.76. The van der Waals surface area contributed by atoms with Gasteiger partial charge in [-0.05, 0) is 33.2 Å². The van der Waals surface area contributed by atoms with E-state index >= 15 is 0 Å². The van der Waals surface area contributed by atoms with Crippen LogP contribution < -0.4 is 5.32 Å². The highest BCUT2D eigenvalue weighted by molar-refractivity contribution is 6.09. The molecular formula is C23H29ClN2O. The lowest BCUT2D eigenvalue weighted by Crippen LogP contribution is -2.49. The van der Waals surface area contributed by atoms with Crippen LogP contribution in [0.5, 0.6) is 0 Å². The number of fused-ring (bicyclic) bond motifs is 3. The fourth-order valence-electron chi connectivity index (χ4n) is 4.45. The third kappa shape index (κ3) is 3.70. The second kappa shape index (κ2) is 8.15. The van der Waals surface area contributed by atoms with Crippen molar-refractivity contribution in [3.05, 3.63) is 60.2 Å². The molecule has 2 N–H and O–H groups in total. The van der Waals surface area contributed by atoms with Crippen molar-refractivity contribution in [3.63, 3.8) is 0 Å². The van der Waals surface area contributed by atoms with E-state index in [1.54, 1.807) is 0 Å². The van der Waals surface area contributed by atoms with Crippen LogP contribution in [0.15, 0.2) is 54.6 Å². The maximum atomic E-state index is 10.2. The summed E-state index contributed by atoms with van der Waals surface area (Å²) in [6, 6.07) is 19.9. The summed E-state index contributed by atoms with van der Waals surface area (Å²) < 4.78 is 0. The minimum absolute atomic E-state index is 0. The average Bonchev–Trinajstić information content (AvgIpc) is 2.69. The number of nitrogens with zero attached hydrogens (tertiary/aromatic N) is 1. The lowest BCUT2D eigenvalue weighted by molar-refractivity contribution is 0.0313. The number of benzene rings is 3. The van der Waals surface area contributed by atoms with Crippen LogP contribution in [0.2, 0.25) is 0 Å². The van der Waals surface area contributed by atoms with E-state index in [1.165, 1.54) is 27.1 Å². The molecule has 0 aliphatic carbocycles. The molecule has 0 spiro atoms. The lowest BCUT2D eigenvalue weighted by Gasteiger charge is -2.44. The van der Waals surface area contributed by atoms with Crippen LogP contribution in [-0.2, 0) is 0 Å². The third-order valence-corrected chi connectivity index (χ3v) is 5.76. The zero-order valence-electron chi connectivity index (χ0n) is 16.1. The smallest absolute Gasteiger partial charge is 0.0500 e. The Morgan fingerprint density at radius 1 is 0.963 bits per heavy atom. The first kappa shape index (κ1) is 20.1. The van der Waals surface area contributed by atoms with E-state index in [2.05, 4.69) is 78.7 Å². The van der Waals surface area contributed by atoms with Gasteiger partial charge in [-0.25, -0.2) is 0 Å². The highest BCUT2D eigenvalue weighted by Crippen LogP contribution is 2.43. The number of hydrogen-bond acceptors (Lipinski definition) is 3. The molecule has 0 unspecified atom stereocenters. The molecule has 3 nitrogen and oxygen atoms in total. The summed E-state index contributed by atoms with van der Waals surface area (Å²) in [5.41, 5.74) is 1.11. The van der Waals surface area contributed by atoms with Crippen LogP contribution in [0.1, 0.15) is 25.5 Å². The molecule has 0 aromatic heterocycles. The summed E-state index contributed by atoms with van der Waals surface area (Å²) in [6.45, 7) is 8.56. The van der Waals surface area contributed by atoms with Gasteiger partial charge in [0.1, 0.15) is 0 Å². The van der Waals surface area contributed by atoms with Gasteiger partial charge >= 0.3 is 0 Å². The molecule has 1 heterocycles. The van der Waals surface area contributed by atoms with E-state index in [0.29, 0.717) is 0 Å². The first-order chi connectivity index (χ1) is 12.6. The largest absolute Gasteiger partial charge is 0.396 e. The van der Waals surface area contributed by atoms with Crippen LogP contribution >= 0.6 is 12.4 Å². The Morgan fingerprint density at radius 3 is 2.22 bits per heavy atom. The van der Waals surface area contributed by atoms with Crippen molar-refractivity contribution < 1.29 is 5.11 Å². The SMILES string of the molecule is CC(C)(CO)[C@@H](c1cc2ccccc2c2ccccc12)N1CCNCC1.Cl. The summed E-state index contributed by atoms with van der Waals surface area (Å²) in [7, 11) is 0. The van der Waals surface area contributed by atoms with Gasteiger partial charge in [0.15, 0.2) is 0 Å². The summed E-state index contributed by atoms with van der Waals surface area (Å²) in [4.78, 5) is 2.54. The predicted molar refractivity (Wildman–Crippen MR) is 117 cm³/mol. The normalized spacial score (nSPS) is 17.0. The van der Waals surface area contributed by atoms with Crippen molar-refractivity contribution >= 4 is 34.0 Å². The molecule has 27 heavy (non-hydrogen) atoms. The molecule has 4 rings (SSSR count). The van der Waals surface area contributed by atoms with Gasteiger partial charge in [-0.1, -0.05) is 62.4 Å². The van der Waals surface area contributed by atoms with Crippen LogP contribution in [0.3, 0.4) is 0 Å². The van der Waals surface area contributed by atoms with Gasteiger partial charge in [-0.15, -0.1) is 12.4 Å². The minimum Gasteiger partial charge on any atom is -0.396 e. The van der Waals surface area contributed by atoms with Crippen molar-refractivity contribution in [2.24, 2.45) is 5.41 Å². The Kier molecular flexibility index (Phi) is 6.07. The molecule has 1 saturated heterocycles. The van der Waals surface area contributed by atoms with Crippen molar-refractivity contribution in [1.29, 1.82) is 0 Å². The van der Waals surface area contributed by atoms with E-state index in [1.807, 2.05) is 0 Å². The van der Waals surface area contributed by atoms with Gasteiger partial charge in [0, 0.05) is 44.2 Å². The summed E-state index contributed by atoms with van der Waals surface area (Å²) >= 11 is 0. The van der Waals surface area contributed by atoms with Gasteiger partial charge in [0.2, 0.25) is 0 Å². The molecule has 144 valence electrons. The standard InChI is InChI=1S/C23H28N2O.ClH/c1-23(2,16-26)22(25-13-11-24-12-14-25)21-15-17-7-3-4-8-18(17)19-9-5-6-10-20(19)21;/h3-10,15,22,24,26H,11-14,16H2,1-2H3;1H/t22-;/m1./s1. The fourth-order valence-corrected chi connectivity index (χ4v) is 4.45. The Morgan fingerprint density at radius 2 is 1.56 bits per heavy atom. The molecule has 3 aromatic rings. The van der Waals surface area contributed by atoms with Crippen molar-refractivity contribution in [2.75, 3.05) is 32.8 Å². The summed E-state index contributed by atoms with van der Waals surface area (Å²) in [5.74, 6) is 0. The summed E-state index contributed by atoms with van der Waals surface area (Å²) in [6.07, 6.45) is 0. The second-order valence-corrected chi connectivity index (χ2v) is 8.07. The maximum absolute atomic E-state index is 10.2. The number of aliphatic hydroxyl groups is 1. The second-order valence-electron chi connectivity index (χ2n) is 8.07. The van der Waals surface area contributed by atoms with E-state index < -0.39 is 0 Å². The highest BCUT2D eigenvalue weighted by atomic mass is 35.5. The number of halogens is 1. The van der Waals surface area contributed by atoms with E-state index in [4.69, 9.17) is 0 Å². The molecule has 0 saturated carbocycles. The van der Waals surface area contributed by atoms with E-state index in [9.17, 15) is 5.11 Å². The molecule has 1 aliphatic heterocycles. The molecule has 4 heteroatoms. The Balaban J connectivity index is 0.00000210. The number of aliphatic hydroxyl groups excluding tert-OH is 1. The number of hydrogen-bond donors (Lipinski definition) is 2. The molecule has 1 aliphatic rings. The van der Waals surface area contributed by atoms with Crippen LogP contribution in [-0.4, -0.2) is 42.8 Å². The quantitative estimate of drug-likeness (QED) is 0.655. The Bertz CT molecular complexity index is 919. The zero-order chi connectivity index (χ0) is 18.1. The van der Waals surface area contributed by atoms with E-state index in [-0.39, 0.29) is 30.5 Å². The first-order valence-electron chi connectivity index (χ1n) is 9.58. The average molecular weight is 385 g/mol. The predicted octanol–water partition coefficient (Wildman–Crippen LogP) is 4.38. The molecular weight excluding hydrogens is 356 g/mol. The monoisotopic (exact) mass is 384 g/mol. The molecule has 1 fully saturated rings. The fraction of sp³-hybridized carbons (Fsp3) is 0.391. The van der Waals surface area contributed by atoms with Gasteiger partial charge in [-0.3, -0.25) is 4.90 Å². The van der Waals surface area contributed by atoms with Gasteiger partial charge < -0.3 is 10.4 Å². The van der Waals surface area contributed by atoms with Crippen molar-refractivity contribution in [3.8, 4) is 0 Å². The van der Waals surface area contributed by atoms with Crippen LogP contribution in [0.25, 0.3) is 21.5 Å². The van der Waals surface area contributed by atoms with Crippen molar-refractivity contribution in [2.45, 2.75) is 19.9 Å². The van der Waals surface area contributed by atoms with E-state index in [0.717, 1.165) is 26.2 Å². The Hall–Kier alpha value is -1.65. The molecule has 0 bridgehead atoms. The van der Waals surface area contributed by atoms with Crippen molar-refractivity contribution in [1.82, 2.24) is 10.2 Å². The van der Waals surface area contributed by atoms with Crippen LogP contribution in [0.4, 0.5) is 0 Å². The van der Waals surface area contributed by atoms with Gasteiger partial charge in [0.05, 0.1) is 0 Å². The number of piperazine rings is 1. The molecule has 1 atom stereocenters. The lowest BCUT2D eigenvalue weighted by atomic mass is 9.77. The molecule has 0 amide bonds. The van der Waals surface area contributed by atoms with Gasteiger partial charge in [0.25, 0.3) is 0 Å². The topological polar surface area (TPSA) is 35.5 Å². The molecule has 3 aromatic carbocycles. The molecule has 0 radical (unpaired) electrons. The Labute approximate surface area is 167 Å².